The summed E-state index contributed by atoms with van der Waals surface area (Å²) < 4.78 is 0. The number of thiazole rings is 1. The highest BCUT2D eigenvalue weighted by Gasteiger charge is 2.05. The van der Waals surface area contributed by atoms with E-state index in [0.29, 0.717) is 6.54 Å². The second-order valence-electron chi connectivity index (χ2n) is 2.17. The Kier molecular flexibility index (Phi) is 3.29. The van der Waals surface area contributed by atoms with E-state index in [4.69, 9.17) is 0 Å². The summed E-state index contributed by atoms with van der Waals surface area (Å²) in [6.07, 6.45) is 0. The van der Waals surface area contributed by atoms with Crippen molar-refractivity contribution in [1.29, 1.82) is 0 Å². The molecule has 2 N–H and O–H groups in total. The standard InChI is InChI=1S/C8H8N2O2S/c1-2-3-4-9-7(11)6-5-13-8(12)10-6/h5H,4H2,1H3,(H,9,11)(H,10,12). The third-order valence-corrected chi connectivity index (χ3v) is 1.95. The molecule has 0 spiro atoms. The Labute approximate surface area is 79.0 Å². The summed E-state index contributed by atoms with van der Waals surface area (Å²) in [6.45, 7) is 1.99. The summed E-state index contributed by atoms with van der Waals surface area (Å²) in [4.78, 5) is 24.0. The first kappa shape index (κ1) is 9.55. The molecule has 0 radical (unpaired) electrons. The molecule has 1 rings (SSSR count). The van der Waals surface area contributed by atoms with Crippen LogP contribution in [0, 0.1) is 11.8 Å². The molecule has 0 aromatic carbocycles. The molecular formula is C8H8N2O2S. The number of aromatic nitrogens is 1. The predicted molar refractivity (Wildman–Crippen MR) is 50.7 cm³/mol. The van der Waals surface area contributed by atoms with E-state index in [0.717, 1.165) is 11.3 Å². The lowest BCUT2D eigenvalue weighted by atomic mass is 10.4. The maximum atomic E-state index is 11.2. The highest BCUT2D eigenvalue weighted by Crippen LogP contribution is 1.94. The van der Waals surface area contributed by atoms with E-state index in [1.165, 1.54) is 5.38 Å². The predicted octanol–water partition coefficient (Wildman–Crippen LogP) is 0.190. The normalized spacial score (nSPS) is 8.69. The number of H-pyrrole nitrogens is 1. The first-order valence-corrected chi connectivity index (χ1v) is 4.47. The fraction of sp³-hybridized carbons (Fsp3) is 0.250. The number of rotatable bonds is 2. The van der Waals surface area contributed by atoms with Gasteiger partial charge in [-0.2, -0.15) is 0 Å². The van der Waals surface area contributed by atoms with E-state index in [1.807, 2.05) is 0 Å². The van der Waals surface area contributed by atoms with Crippen molar-refractivity contribution in [3.05, 3.63) is 20.7 Å². The second kappa shape index (κ2) is 4.48. The Hall–Kier alpha value is -1.54. The molecule has 0 atom stereocenters. The van der Waals surface area contributed by atoms with Crippen molar-refractivity contribution < 1.29 is 4.79 Å². The van der Waals surface area contributed by atoms with Crippen LogP contribution in [0.15, 0.2) is 10.2 Å². The molecule has 0 saturated heterocycles. The Bertz CT molecular complexity index is 408. The average Bonchev–Trinajstić information content (AvgIpc) is 2.52. The largest absolute Gasteiger partial charge is 0.340 e. The zero-order chi connectivity index (χ0) is 9.68. The highest BCUT2D eigenvalue weighted by atomic mass is 32.1. The summed E-state index contributed by atoms with van der Waals surface area (Å²) in [7, 11) is 0. The molecule has 0 aliphatic heterocycles. The molecule has 0 unspecified atom stereocenters. The fourth-order valence-corrected chi connectivity index (χ4v) is 1.26. The highest BCUT2D eigenvalue weighted by molar-refractivity contribution is 7.07. The van der Waals surface area contributed by atoms with Crippen LogP contribution in [0.1, 0.15) is 17.4 Å². The van der Waals surface area contributed by atoms with Gasteiger partial charge >= 0.3 is 4.87 Å². The summed E-state index contributed by atoms with van der Waals surface area (Å²) in [5.74, 6) is 5.03. The number of hydrogen-bond donors (Lipinski definition) is 2. The SMILES string of the molecule is CC#CCNC(=O)c1csc(=O)[nH]1. The number of carbonyl (C=O) groups is 1. The Balaban J connectivity index is 2.57. The number of carbonyl (C=O) groups excluding carboxylic acids is 1. The first-order valence-electron chi connectivity index (χ1n) is 3.59. The van der Waals surface area contributed by atoms with E-state index in [-0.39, 0.29) is 16.5 Å². The van der Waals surface area contributed by atoms with Crippen molar-refractivity contribution in [2.45, 2.75) is 6.92 Å². The van der Waals surface area contributed by atoms with Crippen LogP contribution in [0.2, 0.25) is 0 Å². The molecule has 0 aliphatic carbocycles. The fourth-order valence-electron chi connectivity index (χ4n) is 0.700. The molecule has 0 bridgehead atoms. The maximum Gasteiger partial charge on any atom is 0.305 e. The summed E-state index contributed by atoms with van der Waals surface area (Å²) in [5, 5.41) is 4.02. The van der Waals surface area contributed by atoms with Crippen LogP contribution >= 0.6 is 11.3 Å². The third-order valence-electron chi connectivity index (χ3n) is 1.28. The molecule has 0 saturated carbocycles. The van der Waals surface area contributed by atoms with Crippen molar-refractivity contribution in [1.82, 2.24) is 10.3 Å². The molecule has 1 heterocycles. The average molecular weight is 196 g/mol. The smallest absolute Gasteiger partial charge is 0.305 e. The monoisotopic (exact) mass is 196 g/mol. The van der Waals surface area contributed by atoms with Crippen molar-refractivity contribution in [3.8, 4) is 11.8 Å². The maximum absolute atomic E-state index is 11.2. The van der Waals surface area contributed by atoms with Crippen molar-refractivity contribution >= 4 is 17.2 Å². The number of nitrogens with one attached hydrogen (secondary N) is 2. The van der Waals surface area contributed by atoms with Gasteiger partial charge in [0.05, 0.1) is 6.54 Å². The Morgan fingerprint density at radius 3 is 3.08 bits per heavy atom. The first-order chi connectivity index (χ1) is 6.24. The molecule has 5 heteroatoms. The van der Waals surface area contributed by atoms with Gasteiger partial charge in [0, 0.05) is 5.38 Å². The zero-order valence-corrected chi connectivity index (χ0v) is 7.83. The van der Waals surface area contributed by atoms with Gasteiger partial charge in [-0.3, -0.25) is 9.59 Å². The summed E-state index contributed by atoms with van der Waals surface area (Å²) in [5.41, 5.74) is 0.285. The minimum atomic E-state index is -0.305. The minimum Gasteiger partial charge on any atom is -0.340 e. The third kappa shape index (κ3) is 2.76. The molecular weight excluding hydrogens is 188 g/mol. The molecule has 4 nitrogen and oxygen atoms in total. The minimum absolute atomic E-state index is 0.230. The van der Waals surface area contributed by atoms with Crippen LogP contribution in [-0.2, 0) is 0 Å². The molecule has 0 fully saturated rings. The quantitative estimate of drug-likeness (QED) is 0.663. The van der Waals surface area contributed by atoms with Gasteiger partial charge in [0.1, 0.15) is 5.69 Å². The molecule has 1 aromatic rings. The Morgan fingerprint density at radius 2 is 2.54 bits per heavy atom. The molecule has 1 amide bonds. The summed E-state index contributed by atoms with van der Waals surface area (Å²) >= 11 is 0.964. The van der Waals surface area contributed by atoms with Crippen LogP contribution in [0.5, 0.6) is 0 Å². The van der Waals surface area contributed by atoms with E-state index < -0.39 is 0 Å². The van der Waals surface area contributed by atoms with E-state index in [2.05, 4.69) is 22.1 Å². The topological polar surface area (TPSA) is 62.0 Å². The lowest BCUT2D eigenvalue weighted by Gasteiger charge is -1.95. The van der Waals surface area contributed by atoms with Gasteiger partial charge in [0.25, 0.3) is 5.91 Å². The van der Waals surface area contributed by atoms with Gasteiger partial charge in [-0.15, -0.1) is 5.92 Å². The van der Waals surface area contributed by atoms with Crippen LogP contribution < -0.4 is 10.2 Å². The van der Waals surface area contributed by atoms with Gasteiger partial charge in [-0.25, -0.2) is 0 Å². The van der Waals surface area contributed by atoms with Gasteiger partial charge < -0.3 is 10.3 Å². The molecule has 13 heavy (non-hydrogen) atoms. The van der Waals surface area contributed by atoms with Crippen LogP contribution in [-0.4, -0.2) is 17.4 Å². The zero-order valence-electron chi connectivity index (χ0n) is 7.01. The number of amides is 1. The van der Waals surface area contributed by atoms with Crippen molar-refractivity contribution in [2.75, 3.05) is 6.54 Å². The summed E-state index contributed by atoms with van der Waals surface area (Å²) in [6, 6.07) is 0. The van der Waals surface area contributed by atoms with Gasteiger partial charge in [0.15, 0.2) is 0 Å². The van der Waals surface area contributed by atoms with Crippen LogP contribution in [0.4, 0.5) is 0 Å². The lowest BCUT2D eigenvalue weighted by Crippen LogP contribution is -2.24. The van der Waals surface area contributed by atoms with Crippen molar-refractivity contribution in [3.63, 3.8) is 0 Å². The van der Waals surface area contributed by atoms with Gasteiger partial charge in [-0.1, -0.05) is 17.3 Å². The van der Waals surface area contributed by atoms with E-state index in [1.54, 1.807) is 6.92 Å². The van der Waals surface area contributed by atoms with Crippen LogP contribution in [0.25, 0.3) is 0 Å². The van der Waals surface area contributed by atoms with Gasteiger partial charge in [0.2, 0.25) is 0 Å². The van der Waals surface area contributed by atoms with Gasteiger partial charge in [-0.05, 0) is 6.92 Å². The molecule has 1 aromatic heterocycles. The number of aromatic amines is 1. The van der Waals surface area contributed by atoms with E-state index in [9.17, 15) is 9.59 Å². The Morgan fingerprint density at radius 1 is 1.77 bits per heavy atom. The van der Waals surface area contributed by atoms with Crippen molar-refractivity contribution in [2.24, 2.45) is 0 Å². The van der Waals surface area contributed by atoms with E-state index >= 15 is 0 Å². The van der Waals surface area contributed by atoms with Crippen LogP contribution in [0.3, 0.4) is 0 Å². The molecule has 0 aliphatic rings. The lowest BCUT2D eigenvalue weighted by molar-refractivity contribution is 0.0954. The molecule has 68 valence electrons. The second-order valence-corrected chi connectivity index (χ2v) is 3.01. The number of hydrogen-bond acceptors (Lipinski definition) is 3.